The number of halogens is 4. The molecular weight excluding hydrogens is 364 g/mol. The van der Waals surface area contributed by atoms with Crippen LogP contribution in [0.1, 0.15) is 23.1 Å². The van der Waals surface area contributed by atoms with Crippen molar-refractivity contribution in [3.8, 4) is 0 Å². The van der Waals surface area contributed by atoms with Gasteiger partial charge in [0.2, 0.25) is 0 Å². The van der Waals surface area contributed by atoms with Crippen molar-refractivity contribution in [3.63, 3.8) is 0 Å². The van der Waals surface area contributed by atoms with E-state index >= 15 is 0 Å². The van der Waals surface area contributed by atoms with Crippen LogP contribution in [0.15, 0.2) is 40.9 Å². The Morgan fingerprint density at radius 2 is 1.86 bits per heavy atom. The van der Waals surface area contributed by atoms with Gasteiger partial charge in [-0.1, -0.05) is 33.6 Å². The maximum Gasteiger partial charge on any atom is 0.129 e. The Morgan fingerprint density at radius 1 is 1.14 bits per heavy atom. The lowest BCUT2D eigenvalue weighted by atomic mass is 9.89. The lowest BCUT2D eigenvalue weighted by molar-refractivity contribution is 0.145. The lowest BCUT2D eigenvalue weighted by Gasteiger charge is -2.24. The minimum atomic E-state index is -1.07. The number of aliphatic hydroxyl groups excluding tert-OH is 1. The number of aliphatic hydroxyl groups is 1. The van der Waals surface area contributed by atoms with Crippen molar-refractivity contribution >= 4 is 27.5 Å². The van der Waals surface area contributed by atoms with Crippen LogP contribution >= 0.6 is 27.5 Å². The highest BCUT2D eigenvalue weighted by atomic mass is 79.9. The van der Waals surface area contributed by atoms with Crippen molar-refractivity contribution in [3.05, 3.63) is 68.7 Å². The zero-order valence-corrected chi connectivity index (χ0v) is 13.2. The quantitative estimate of drug-likeness (QED) is 0.842. The van der Waals surface area contributed by atoms with E-state index in [0.717, 1.165) is 12.1 Å². The number of rotatable bonds is 4. The molecule has 2 nitrogen and oxygen atoms in total. The van der Waals surface area contributed by atoms with Crippen molar-refractivity contribution < 1.29 is 13.9 Å². The second kappa shape index (κ2) is 6.83. The third kappa shape index (κ3) is 3.61. The third-order valence-corrected chi connectivity index (χ3v) is 4.23. The molecular formula is C15H13BrClF2NO. The molecule has 0 saturated carbocycles. The van der Waals surface area contributed by atoms with Crippen LogP contribution < -0.4 is 5.73 Å². The second-order valence-electron chi connectivity index (χ2n) is 4.62. The summed E-state index contributed by atoms with van der Waals surface area (Å²) in [6.45, 7) is 0.00265. The summed E-state index contributed by atoms with van der Waals surface area (Å²) in [6.07, 6.45) is -1.07. The molecule has 2 unspecified atom stereocenters. The van der Waals surface area contributed by atoms with E-state index in [1.54, 1.807) is 18.2 Å². The van der Waals surface area contributed by atoms with Gasteiger partial charge in [0.15, 0.2) is 0 Å². The van der Waals surface area contributed by atoms with Crippen LogP contribution in [0.5, 0.6) is 0 Å². The van der Waals surface area contributed by atoms with E-state index in [1.165, 1.54) is 6.07 Å². The SMILES string of the molecule is NCC(c1ccc(F)cc1F)C(O)c1cc(Cl)ccc1Br. The molecule has 0 aliphatic heterocycles. The van der Waals surface area contributed by atoms with E-state index in [0.29, 0.717) is 15.1 Å². The Balaban J connectivity index is 2.43. The predicted molar refractivity (Wildman–Crippen MR) is 82.3 cm³/mol. The van der Waals surface area contributed by atoms with Gasteiger partial charge in [0.05, 0.1) is 6.10 Å². The van der Waals surface area contributed by atoms with Gasteiger partial charge in [0, 0.05) is 28.0 Å². The van der Waals surface area contributed by atoms with Crippen LogP contribution in [-0.2, 0) is 0 Å². The van der Waals surface area contributed by atoms with E-state index in [1.807, 2.05) is 0 Å². The van der Waals surface area contributed by atoms with E-state index in [2.05, 4.69) is 15.9 Å². The molecule has 0 bridgehead atoms. The fraction of sp³-hybridized carbons (Fsp3) is 0.200. The molecule has 0 radical (unpaired) electrons. The number of hydrogen-bond donors (Lipinski definition) is 2. The predicted octanol–water partition coefficient (Wildman–Crippen LogP) is 4.16. The topological polar surface area (TPSA) is 46.2 Å². The van der Waals surface area contributed by atoms with E-state index in [9.17, 15) is 13.9 Å². The molecule has 0 heterocycles. The van der Waals surface area contributed by atoms with Crippen LogP contribution in [0.3, 0.4) is 0 Å². The molecule has 112 valence electrons. The molecule has 21 heavy (non-hydrogen) atoms. The Hall–Kier alpha value is -1.01. The van der Waals surface area contributed by atoms with E-state index < -0.39 is 23.7 Å². The Morgan fingerprint density at radius 3 is 2.48 bits per heavy atom. The average Bonchev–Trinajstić information content (AvgIpc) is 2.44. The average molecular weight is 377 g/mol. The maximum atomic E-state index is 13.9. The summed E-state index contributed by atoms with van der Waals surface area (Å²) in [5, 5.41) is 11.0. The molecule has 0 fully saturated rings. The van der Waals surface area contributed by atoms with Crippen LogP contribution in [-0.4, -0.2) is 11.7 Å². The second-order valence-corrected chi connectivity index (χ2v) is 5.91. The van der Waals surface area contributed by atoms with Crippen LogP contribution in [0.4, 0.5) is 8.78 Å². The molecule has 0 aliphatic carbocycles. The van der Waals surface area contributed by atoms with Gasteiger partial charge >= 0.3 is 0 Å². The number of nitrogens with two attached hydrogens (primary N) is 1. The van der Waals surface area contributed by atoms with Crippen molar-refractivity contribution in [1.29, 1.82) is 0 Å². The molecule has 0 spiro atoms. The largest absolute Gasteiger partial charge is 0.388 e. The highest BCUT2D eigenvalue weighted by Crippen LogP contribution is 2.36. The first-order valence-corrected chi connectivity index (χ1v) is 7.39. The first kappa shape index (κ1) is 16.4. The zero-order chi connectivity index (χ0) is 15.6. The first-order chi connectivity index (χ1) is 9.93. The van der Waals surface area contributed by atoms with Crippen LogP contribution in [0.25, 0.3) is 0 Å². The van der Waals surface area contributed by atoms with Gasteiger partial charge in [0.25, 0.3) is 0 Å². The molecule has 3 N–H and O–H groups in total. The summed E-state index contributed by atoms with van der Waals surface area (Å²) in [4.78, 5) is 0. The minimum Gasteiger partial charge on any atom is -0.388 e. The summed E-state index contributed by atoms with van der Waals surface area (Å²) in [5.74, 6) is -2.12. The van der Waals surface area contributed by atoms with Gasteiger partial charge in [0.1, 0.15) is 11.6 Å². The Labute approximate surface area is 134 Å². The smallest absolute Gasteiger partial charge is 0.129 e. The van der Waals surface area contributed by atoms with Gasteiger partial charge in [-0.2, -0.15) is 0 Å². The van der Waals surface area contributed by atoms with Crippen molar-refractivity contribution in [2.75, 3.05) is 6.54 Å². The Bertz CT molecular complexity index is 654. The minimum absolute atomic E-state index is 0.00265. The van der Waals surface area contributed by atoms with Gasteiger partial charge in [-0.3, -0.25) is 0 Å². The molecule has 0 saturated heterocycles. The summed E-state index contributed by atoms with van der Waals surface area (Å²) < 4.78 is 27.5. The highest BCUT2D eigenvalue weighted by Gasteiger charge is 2.26. The van der Waals surface area contributed by atoms with Gasteiger partial charge in [-0.05, 0) is 35.4 Å². The van der Waals surface area contributed by atoms with Crippen molar-refractivity contribution in [2.45, 2.75) is 12.0 Å². The van der Waals surface area contributed by atoms with Crippen LogP contribution in [0, 0.1) is 11.6 Å². The number of benzene rings is 2. The monoisotopic (exact) mass is 375 g/mol. The molecule has 2 aromatic rings. The molecule has 2 atom stereocenters. The number of hydrogen-bond acceptors (Lipinski definition) is 2. The molecule has 2 aromatic carbocycles. The molecule has 0 amide bonds. The van der Waals surface area contributed by atoms with Crippen molar-refractivity contribution in [1.82, 2.24) is 0 Å². The first-order valence-electron chi connectivity index (χ1n) is 6.22. The van der Waals surface area contributed by atoms with Crippen molar-refractivity contribution in [2.24, 2.45) is 5.73 Å². The van der Waals surface area contributed by atoms with Gasteiger partial charge in [-0.25, -0.2) is 8.78 Å². The normalized spacial score (nSPS) is 14.0. The fourth-order valence-corrected chi connectivity index (χ4v) is 2.85. The maximum absolute atomic E-state index is 13.9. The summed E-state index contributed by atoms with van der Waals surface area (Å²) in [5.41, 5.74) is 6.34. The third-order valence-electron chi connectivity index (χ3n) is 3.27. The molecule has 0 aromatic heterocycles. The van der Waals surface area contributed by atoms with Gasteiger partial charge < -0.3 is 10.8 Å². The van der Waals surface area contributed by atoms with Gasteiger partial charge in [-0.15, -0.1) is 0 Å². The molecule has 6 heteroatoms. The molecule has 0 aliphatic rings. The van der Waals surface area contributed by atoms with E-state index in [4.69, 9.17) is 17.3 Å². The summed E-state index contributed by atoms with van der Waals surface area (Å²) >= 11 is 9.24. The van der Waals surface area contributed by atoms with E-state index in [-0.39, 0.29) is 12.1 Å². The Kier molecular flexibility index (Phi) is 5.32. The fourth-order valence-electron chi connectivity index (χ4n) is 2.19. The summed E-state index contributed by atoms with van der Waals surface area (Å²) in [6, 6.07) is 8.15. The zero-order valence-electron chi connectivity index (χ0n) is 10.9. The van der Waals surface area contributed by atoms with Crippen LogP contribution in [0.2, 0.25) is 5.02 Å². The molecule has 2 rings (SSSR count). The standard InChI is InChI=1S/C15H13BrClF2NO/c16-13-4-1-8(17)5-11(13)15(21)12(7-20)10-3-2-9(18)6-14(10)19/h1-6,12,15,21H,7,20H2. The lowest BCUT2D eigenvalue weighted by Crippen LogP contribution is -2.21. The summed E-state index contributed by atoms with van der Waals surface area (Å²) in [7, 11) is 0. The highest BCUT2D eigenvalue weighted by molar-refractivity contribution is 9.10.